The van der Waals surface area contributed by atoms with Gasteiger partial charge < -0.3 is 9.47 Å². The van der Waals surface area contributed by atoms with Crippen LogP contribution in [0.1, 0.15) is 56.4 Å². The van der Waals surface area contributed by atoms with E-state index in [1.165, 1.54) is 11.1 Å². The molecule has 3 unspecified atom stereocenters. The molecule has 3 heteroatoms. The normalized spacial score (nSPS) is 23.4. The highest BCUT2D eigenvalue weighted by Crippen LogP contribution is 2.36. The molecule has 0 spiro atoms. The zero-order chi connectivity index (χ0) is 17.8. The van der Waals surface area contributed by atoms with Gasteiger partial charge in [-0.3, -0.25) is 0 Å². The van der Waals surface area contributed by atoms with Gasteiger partial charge in [0.25, 0.3) is 0 Å². The SMILES string of the molecule is CCOc1ccc(Cc2cc(C3CC(C)CC(C)O3)ccc2Cl)cc1. The van der Waals surface area contributed by atoms with E-state index >= 15 is 0 Å². The van der Waals surface area contributed by atoms with Crippen LogP contribution in [0.3, 0.4) is 0 Å². The maximum atomic E-state index is 6.46. The first-order valence-corrected chi connectivity index (χ1v) is 9.58. The first-order chi connectivity index (χ1) is 12.0. The number of hydrogen-bond acceptors (Lipinski definition) is 2. The molecule has 3 rings (SSSR count). The minimum atomic E-state index is 0.176. The molecule has 0 N–H and O–H groups in total. The van der Waals surface area contributed by atoms with Crippen LogP contribution in [0.2, 0.25) is 5.02 Å². The maximum absolute atomic E-state index is 6.46. The third-order valence-electron chi connectivity index (χ3n) is 4.82. The summed E-state index contributed by atoms with van der Waals surface area (Å²) in [6.07, 6.45) is 3.53. The summed E-state index contributed by atoms with van der Waals surface area (Å²) in [6, 6.07) is 14.6. The Bertz CT molecular complexity index is 686. The van der Waals surface area contributed by atoms with Gasteiger partial charge in [0.15, 0.2) is 0 Å². The molecule has 0 radical (unpaired) electrons. The largest absolute Gasteiger partial charge is 0.494 e. The molecule has 2 aromatic carbocycles. The smallest absolute Gasteiger partial charge is 0.119 e. The summed E-state index contributed by atoms with van der Waals surface area (Å²) in [5, 5.41) is 0.814. The van der Waals surface area contributed by atoms with E-state index in [9.17, 15) is 0 Å². The summed E-state index contributed by atoms with van der Waals surface area (Å²) in [4.78, 5) is 0. The molecule has 2 nitrogen and oxygen atoms in total. The second kappa shape index (κ2) is 8.25. The molecule has 25 heavy (non-hydrogen) atoms. The minimum Gasteiger partial charge on any atom is -0.494 e. The van der Waals surface area contributed by atoms with Crippen LogP contribution in [0.15, 0.2) is 42.5 Å². The molecule has 0 aliphatic carbocycles. The van der Waals surface area contributed by atoms with Crippen molar-refractivity contribution in [1.29, 1.82) is 0 Å². The van der Waals surface area contributed by atoms with E-state index in [4.69, 9.17) is 21.1 Å². The molecule has 0 bridgehead atoms. The van der Waals surface area contributed by atoms with Gasteiger partial charge in [0.2, 0.25) is 0 Å². The second-order valence-corrected chi connectivity index (χ2v) is 7.52. The van der Waals surface area contributed by atoms with Gasteiger partial charge in [-0.05, 0) is 73.9 Å². The Morgan fingerprint density at radius 1 is 1.08 bits per heavy atom. The molecule has 1 aliphatic rings. The average Bonchev–Trinajstić information content (AvgIpc) is 2.58. The van der Waals surface area contributed by atoms with Crippen LogP contribution in [0, 0.1) is 5.92 Å². The predicted octanol–water partition coefficient (Wildman–Crippen LogP) is 6.21. The molecule has 1 fully saturated rings. The van der Waals surface area contributed by atoms with Crippen LogP contribution in [0.5, 0.6) is 5.75 Å². The summed E-state index contributed by atoms with van der Waals surface area (Å²) in [7, 11) is 0. The highest BCUT2D eigenvalue weighted by atomic mass is 35.5. The van der Waals surface area contributed by atoms with Crippen molar-refractivity contribution < 1.29 is 9.47 Å². The van der Waals surface area contributed by atoms with Crippen molar-refractivity contribution in [3.63, 3.8) is 0 Å². The van der Waals surface area contributed by atoms with Crippen molar-refractivity contribution in [3.05, 3.63) is 64.2 Å². The predicted molar refractivity (Wildman–Crippen MR) is 104 cm³/mol. The average molecular weight is 359 g/mol. The van der Waals surface area contributed by atoms with Crippen molar-refractivity contribution in [1.82, 2.24) is 0 Å². The fraction of sp³-hybridized carbons (Fsp3) is 0.455. The van der Waals surface area contributed by atoms with Crippen molar-refractivity contribution in [2.75, 3.05) is 6.61 Å². The third kappa shape index (κ3) is 4.77. The van der Waals surface area contributed by atoms with Gasteiger partial charge in [0, 0.05) is 5.02 Å². The Balaban J connectivity index is 1.77. The van der Waals surface area contributed by atoms with Gasteiger partial charge >= 0.3 is 0 Å². The third-order valence-corrected chi connectivity index (χ3v) is 5.19. The molecule has 0 saturated carbocycles. The van der Waals surface area contributed by atoms with Crippen LogP contribution >= 0.6 is 11.6 Å². The molecule has 1 aliphatic heterocycles. The van der Waals surface area contributed by atoms with Gasteiger partial charge in [0.1, 0.15) is 5.75 Å². The number of benzene rings is 2. The van der Waals surface area contributed by atoms with Crippen molar-refractivity contribution in [2.24, 2.45) is 5.92 Å². The van der Waals surface area contributed by atoms with Crippen LogP contribution in [-0.4, -0.2) is 12.7 Å². The number of rotatable bonds is 5. The molecule has 1 heterocycles. The molecule has 2 aromatic rings. The zero-order valence-electron chi connectivity index (χ0n) is 15.3. The van der Waals surface area contributed by atoms with E-state index in [1.807, 2.05) is 25.1 Å². The summed E-state index contributed by atoms with van der Waals surface area (Å²) in [6.45, 7) is 7.15. The molecule has 0 aromatic heterocycles. The number of hydrogen-bond donors (Lipinski definition) is 0. The van der Waals surface area contributed by atoms with E-state index in [1.54, 1.807) is 0 Å². The Morgan fingerprint density at radius 3 is 2.52 bits per heavy atom. The highest BCUT2D eigenvalue weighted by molar-refractivity contribution is 6.31. The molecule has 1 saturated heterocycles. The fourth-order valence-corrected chi connectivity index (χ4v) is 3.84. The standard InChI is InChI=1S/C22H27ClO2/c1-4-24-20-8-5-17(6-9-20)13-19-14-18(7-10-21(19)23)22-12-15(2)11-16(3)25-22/h5-10,14-16,22H,4,11-13H2,1-3H3. The monoisotopic (exact) mass is 358 g/mol. The topological polar surface area (TPSA) is 18.5 Å². The molecule has 134 valence electrons. The van der Waals surface area contributed by atoms with Crippen LogP contribution in [0.4, 0.5) is 0 Å². The second-order valence-electron chi connectivity index (χ2n) is 7.12. The summed E-state index contributed by atoms with van der Waals surface area (Å²) in [5.74, 6) is 1.60. The summed E-state index contributed by atoms with van der Waals surface area (Å²) >= 11 is 6.46. The zero-order valence-corrected chi connectivity index (χ0v) is 16.1. The first-order valence-electron chi connectivity index (χ1n) is 9.20. The highest BCUT2D eigenvalue weighted by Gasteiger charge is 2.26. The van der Waals surface area contributed by atoms with Crippen molar-refractivity contribution >= 4 is 11.6 Å². The lowest BCUT2D eigenvalue weighted by atomic mass is 9.89. The van der Waals surface area contributed by atoms with E-state index in [0.29, 0.717) is 18.6 Å². The lowest BCUT2D eigenvalue weighted by Crippen LogP contribution is -2.24. The molecular weight excluding hydrogens is 332 g/mol. The quantitative estimate of drug-likeness (QED) is 0.633. The van der Waals surface area contributed by atoms with Gasteiger partial charge in [-0.1, -0.05) is 42.8 Å². The Morgan fingerprint density at radius 2 is 1.84 bits per heavy atom. The fourth-order valence-electron chi connectivity index (χ4n) is 3.66. The first kappa shape index (κ1) is 18.3. The van der Waals surface area contributed by atoms with Crippen molar-refractivity contribution in [2.45, 2.75) is 52.2 Å². The summed E-state index contributed by atoms with van der Waals surface area (Å²) in [5.41, 5.74) is 3.62. The lowest BCUT2D eigenvalue weighted by Gasteiger charge is -2.32. The van der Waals surface area contributed by atoms with Gasteiger partial charge in [-0.15, -0.1) is 0 Å². The van der Waals surface area contributed by atoms with Gasteiger partial charge in [-0.25, -0.2) is 0 Å². The summed E-state index contributed by atoms with van der Waals surface area (Å²) < 4.78 is 11.7. The van der Waals surface area contributed by atoms with Gasteiger partial charge in [0.05, 0.1) is 18.8 Å². The van der Waals surface area contributed by atoms with Crippen LogP contribution in [0.25, 0.3) is 0 Å². The van der Waals surface area contributed by atoms with Gasteiger partial charge in [-0.2, -0.15) is 0 Å². The van der Waals surface area contributed by atoms with E-state index in [2.05, 4.69) is 38.1 Å². The number of halogens is 1. The van der Waals surface area contributed by atoms with E-state index in [-0.39, 0.29) is 6.10 Å². The van der Waals surface area contributed by atoms with Crippen molar-refractivity contribution in [3.8, 4) is 5.75 Å². The minimum absolute atomic E-state index is 0.176. The van der Waals surface area contributed by atoms with E-state index < -0.39 is 0 Å². The number of ether oxygens (including phenoxy) is 2. The van der Waals surface area contributed by atoms with E-state index in [0.717, 1.165) is 35.6 Å². The molecule has 0 amide bonds. The van der Waals surface area contributed by atoms with Crippen LogP contribution < -0.4 is 4.74 Å². The van der Waals surface area contributed by atoms with Crippen LogP contribution in [-0.2, 0) is 11.2 Å². The Labute approximate surface area is 156 Å². The molecule has 3 atom stereocenters. The Kier molecular flexibility index (Phi) is 6.03. The lowest BCUT2D eigenvalue weighted by molar-refractivity contribution is -0.0604. The Hall–Kier alpha value is -1.51. The molecular formula is C22H27ClO2. The maximum Gasteiger partial charge on any atom is 0.119 e.